The van der Waals surface area contributed by atoms with E-state index in [0.29, 0.717) is 6.42 Å². The molecule has 8 heteroatoms. The Morgan fingerprint density at radius 1 is 1.03 bits per heavy atom. The number of rotatable bonds is 9. The summed E-state index contributed by atoms with van der Waals surface area (Å²) in [6.07, 6.45) is 4.43. The van der Waals surface area contributed by atoms with Crippen LogP contribution in [-0.4, -0.2) is 77.2 Å². The third-order valence-corrected chi connectivity index (χ3v) is 8.11. The number of methoxy groups -OCH3 is 1. The molecule has 4 rings (SSSR count). The topological polar surface area (TPSA) is 68.3 Å². The molecule has 1 amide bonds. The van der Waals surface area contributed by atoms with E-state index in [1.54, 1.807) is 24.5 Å². The van der Waals surface area contributed by atoms with Crippen molar-refractivity contribution in [2.75, 3.05) is 46.4 Å². The number of hydroxylamine groups is 1. The van der Waals surface area contributed by atoms with E-state index >= 15 is 0 Å². The third-order valence-electron chi connectivity index (χ3n) is 7.09. The van der Waals surface area contributed by atoms with Crippen LogP contribution in [0.2, 0.25) is 0 Å². The standard InChI is InChI=1S/C28H38N4O3S/c1-28(2,21-35-3)31-18-16-30(17-19-31)20-22-4-6-23(7-5-22)24-8-10-26(11-9-24)36-32-14-12-25(13-15-32)27(33)29-34/h4-12,14,25,34H,13,15-21H2,1-3H3,(H,29,33). The molecule has 2 aromatic carbocycles. The van der Waals surface area contributed by atoms with Gasteiger partial charge in [-0.15, -0.1) is 0 Å². The molecule has 1 unspecified atom stereocenters. The molecule has 7 nitrogen and oxygen atoms in total. The summed E-state index contributed by atoms with van der Waals surface area (Å²) in [7, 11) is 1.78. The number of amides is 1. The second-order valence-electron chi connectivity index (χ2n) is 10.2. The van der Waals surface area contributed by atoms with Crippen LogP contribution in [0.4, 0.5) is 0 Å². The van der Waals surface area contributed by atoms with E-state index in [0.717, 1.165) is 50.8 Å². The fraction of sp³-hybridized carbons (Fsp3) is 0.464. The normalized spacial score (nSPS) is 19.4. The zero-order chi connectivity index (χ0) is 25.5. The number of hydrogen-bond acceptors (Lipinski definition) is 7. The minimum atomic E-state index is -0.351. The minimum Gasteiger partial charge on any atom is -0.383 e. The maximum Gasteiger partial charge on any atom is 0.250 e. The van der Waals surface area contributed by atoms with Crippen molar-refractivity contribution >= 4 is 17.9 Å². The van der Waals surface area contributed by atoms with Crippen molar-refractivity contribution in [1.82, 2.24) is 19.6 Å². The first kappa shape index (κ1) is 26.7. The number of carbonyl (C=O) groups excluding carboxylic acids is 1. The average molecular weight is 511 g/mol. The van der Waals surface area contributed by atoms with Gasteiger partial charge in [-0.2, -0.15) is 0 Å². The molecule has 0 radical (unpaired) electrons. The van der Waals surface area contributed by atoms with Crippen LogP contribution in [-0.2, 0) is 16.1 Å². The minimum absolute atomic E-state index is 0.0859. The molecular weight excluding hydrogens is 472 g/mol. The van der Waals surface area contributed by atoms with Gasteiger partial charge in [-0.1, -0.05) is 42.5 Å². The van der Waals surface area contributed by atoms with Gasteiger partial charge in [-0.3, -0.25) is 19.8 Å². The Balaban J connectivity index is 1.27. The molecule has 0 aromatic heterocycles. The highest BCUT2D eigenvalue weighted by molar-refractivity contribution is 7.97. The number of carbonyl (C=O) groups is 1. The monoisotopic (exact) mass is 510 g/mol. The molecule has 2 N–H and O–H groups in total. The van der Waals surface area contributed by atoms with E-state index in [2.05, 4.69) is 76.5 Å². The smallest absolute Gasteiger partial charge is 0.250 e. The zero-order valence-electron chi connectivity index (χ0n) is 21.5. The van der Waals surface area contributed by atoms with Crippen molar-refractivity contribution in [2.24, 2.45) is 5.92 Å². The van der Waals surface area contributed by atoms with Crippen molar-refractivity contribution in [3.63, 3.8) is 0 Å². The summed E-state index contributed by atoms with van der Waals surface area (Å²) in [4.78, 5) is 17.8. The number of hydrogen-bond donors (Lipinski definition) is 2. The van der Waals surface area contributed by atoms with Crippen LogP contribution in [0.3, 0.4) is 0 Å². The third kappa shape index (κ3) is 6.89. The van der Waals surface area contributed by atoms with E-state index in [1.165, 1.54) is 16.7 Å². The van der Waals surface area contributed by atoms with Gasteiger partial charge in [-0.25, -0.2) is 5.48 Å². The van der Waals surface area contributed by atoms with Gasteiger partial charge in [0.15, 0.2) is 0 Å². The zero-order valence-corrected chi connectivity index (χ0v) is 22.3. The summed E-state index contributed by atoms with van der Waals surface area (Å²) in [6.45, 7) is 11.3. The summed E-state index contributed by atoms with van der Waals surface area (Å²) in [5.74, 6) is -0.620. The molecule has 36 heavy (non-hydrogen) atoms. The molecule has 2 aromatic rings. The molecule has 194 valence electrons. The highest BCUT2D eigenvalue weighted by atomic mass is 32.2. The highest BCUT2D eigenvalue weighted by Crippen LogP contribution is 2.30. The van der Waals surface area contributed by atoms with Crippen LogP contribution in [0, 0.1) is 5.92 Å². The van der Waals surface area contributed by atoms with Gasteiger partial charge in [0.2, 0.25) is 5.91 Å². The Hall–Kier alpha value is -2.36. The van der Waals surface area contributed by atoms with Crippen LogP contribution in [0.25, 0.3) is 11.1 Å². The molecule has 2 aliphatic heterocycles. The molecule has 1 atom stereocenters. The Morgan fingerprint density at radius 3 is 2.22 bits per heavy atom. The Morgan fingerprint density at radius 2 is 1.67 bits per heavy atom. The summed E-state index contributed by atoms with van der Waals surface area (Å²) in [5, 5.41) is 8.79. The highest BCUT2D eigenvalue weighted by Gasteiger charge is 2.29. The lowest BCUT2D eigenvalue weighted by Gasteiger charge is -2.43. The van der Waals surface area contributed by atoms with Crippen LogP contribution in [0.1, 0.15) is 25.8 Å². The van der Waals surface area contributed by atoms with Gasteiger partial charge < -0.3 is 9.04 Å². The van der Waals surface area contributed by atoms with Gasteiger partial charge in [-0.05, 0) is 61.0 Å². The van der Waals surface area contributed by atoms with Crippen molar-refractivity contribution in [3.8, 4) is 11.1 Å². The van der Waals surface area contributed by atoms with E-state index in [4.69, 9.17) is 9.94 Å². The summed E-state index contributed by atoms with van der Waals surface area (Å²) < 4.78 is 7.52. The Bertz CT molecular complexity index is 1020. The van der Waals surface area contributed by atoms with Crippen molar-refractivity contribution < 1.29 is 14.7 Å². The quantitative estimate of drug-likeness (QED) is 0.297. The molecule has 1 saturated heterocycles. The van der Waals surface area contributed by atoms with Crippen molar-refractivity contribution in [2.45, 2.75) is 37.2 Å². The fourth-order valence-corrected chi connectivity index (χ4v) is 5.73. The van der Waals surface area contributed by atoms with Gasteiger partial charge in [0.05, 0.1) is 12.5 Å². The largest absolute Gasteiger partial charge is 0.383 e. The first-order valence-corrected chi connectivity index (χ1v) is 13.4. The number of nitrogens with zero attached hydrogens (tertiary/aromatic N) is 3. The molecule has 1 fully saturated rings. The predicted molar refractivity (Wildman–Crippen MR) is 144 cm³/mol. The van der Waals surface area contributed by atoms with E-state index in [9.17, 15) is 4.79 Å². The van der Waals surface area contributed by atoms with Crippen LogP contribution in [0.15, 0.2) is 65.7 Å². The number of piperazine rings is 1. The molecular formula is C28H38N4O3S. The molecule has 0 spiro atoms. The number of ether oxygens (including phenoxy) is 1. The van der Waals surface area contributed by atoms with Gasteiger partial charge in [0.1, 0.15) is 0 Å². The van der Waals surface area contributed by atoms with Crippen LogP contribution >= 0.6 is 11.9 Å². The Kier molecular flexibility index (Phi) is 9.09. The summed E-state index contributed by atoms with van der Waals surface area (Å²) in [6, 6.07) is 17.5. The lowest BCUT2D eigenvalue weighted by molar-refractivity contribution is -0.132. The lowest BCUT2D eigenvalue weighted by Crippen LogP contribution is -2.56. The maximum absolute atomic E-state index is 11.5. The SMILES string of the molecule is COCC(C)(C)N1CCN(Cc2ccc(-c3ccc(SN4C=CC(C(=O)NO)CC4)cc3)cc2)CC1. The number of benzene rings is 2. The average Bonchev–Trinajstić information content (AvgIpc) is 2.90. The first-order chi connectivity index (χ1) is 17.4. The number of nitrogens with one attached hydrogen (secondary N) is 1. The molecule has 0 bridgehead atoms. The molecule has 0 aliphatic carbocycles. The van der Waals surface area contributed by atoms with E-state index in [1.807, 2.05) is 12.3 Å². The second kappa shape index (κ2) is 12.3. The van der Waals surface area contributed by atoms with E-state index < -0.39 is 0 Å². The maximum atomic E-state index is 11.5. The van der Waals surface area contributed by atoms with Crippen molar-refractivity contribution in [1.29, 1.82) is 0 Å². The lowest BCUT2D eigenvalue weighted by atomic mass is 10.0. The van der Waals surface area contributed by atoms with Crippen LogP contribution in [0.5, 0.6) is 0 Å². The van der Waals surface area contributed by atoms with Crippen LogP contribution < -0.4 is 5.48 Å². The Labute approximate surface area is 219 Å². The van der Waals surface area contributed by atoms with Crippen molar-refractivity contribution in [3.05, 3.63) is 66.4 Å². The van der Waals surface area contributed by atoms with Gasteiger partial charge >= 0.3 is 0 Å². The first-order valence-electron chi connectivity index (χ1n) is 12.6. The fourth-order valence-electron chi connectivity index (χ4n) is 4.87. The summed E-state index contributed by atoms with van der Waals surface area (Å²) in [5.41, 5.74) is 5.59. The predicted octanol–water partition coefficient (Wildman–Crippen LogP) is 4.24. The molecule has 0 saturated carbocycles. The molecule has 2 aliphatic rings. The second-order valence-corrected chi connectivity index (χ2v) is 11.3. The molecule has 2 heterocycles. The summed E-state index contributed by atoms with van der Waals surface area (Å²) >= 11 is 1.65. The van der Waals surface area contributed by atoms with E-state index in [-0.39, 0.29) is 17.4 Å². The van der Waals surface area contributed by atoms with Gasteiger partial charge in [0, 0.05) is 63.0 Å². The van der Waals surface area contributed by atoms with Gasteiger partial charge in [0.25, 0.3) is 0 Å².